The van der Waals surface area contributed by atoms with Gasteiger partial charge in [0.05, 0.1) is 24.2 Å². The van der Waals surface area contributed by atoms with E-state index < -0.39 is 17.2 Å². The van der Waals surface area contributed by atoms with E-state index in [4.69, 9.17) is 10.5 Å². The molecule has 1 atom stereocenters. The van der Waals surface area contributed by atoms with Gasteiger partial charge in [-0.15, -0.1) is 0 Å². The van der Waals surface area contributed by atoms with Crippen molar-refractivity contribution < 1.29 is 19.0 Å². The zero-order valence-corrected chi connectivity index (χ0v) is 14.3. The van der Waals surface area contributed by atoms with Crippen molar-refractivity contribution in [2.75, 3.05) is 13.2 Å². The summed E-state index contributed by atoms with van der Waals surface area (Å²) in [6.45, 7) is 2.27. The smallest absolute Gasteiger partial charge is 0.254 e. The lowest BCUT2D eigenvalue weighted by atomic mass is 9.82. The summed E-state index contributed by atoms with van der Waals surface area (Å²) >= 11 is 0. The molecule has 6 heteroatoms. The molecule has 0 spiro atoms. The van der Waals surface area contributed by atoms with Gasteiger partial charge in [0.1, 0.15) is 5.82 Å². The maximum atomic E-state index is 13.6. The first-order chi connectivity index (χ1) is 12.3. The van der Waals surface area contributed by atoms with E-state index in [1.807, 2.05) is 0 Å². The van der Waals surface area contributed by atoms with Gasteiger partial charge in [-0.25, -0.2) is 4.39 Å². The highest BCUT2D eigenvalue weighted by Crippen LogP contribution is 2.34. The fourth-order valence-electron chi connectivity index (χ4n) is 2.43. The van der Waals surface area contributed by atoms with Gasteiger partial charge < -0.3 is 15.2 Å². The van der Waals surface area contributed by atoms with E-state index in [0.717, 1.165) is 0 Å². The number of carbonyl (C=O) groups is 1. The summed E-state index contributed by atoms with van der Waals surface area (Å²) < 4.78 is 18.6. The van der Waals surface area contributed by atoms with Gasteiger partial charge in [0.15, 0.2) is 0 Å². The van der Waals surface area contributed by atoms with Crippen LogP contribution in [0.3, 0.4) is 0 Å². The maximum absolute atomic E-state index is 13.6. The molecule has 1 aliphatic rings. The molecule has 2 aromatic rings. The third kappa shape index (κ3) is 3.60. The van der Waals surface area contributed by atoms with Gasteiger partial charge in [-0.05, 0) is 43.3 Å². The summed E-state index contributed by atoms with van der Waals surface area (Å²) in [6, 6.07) is 12.7. The Morgan fingerprint density at radius 2 is 1.88 bits per heavy atom. The van der Waals surface area contributed by atoms with E-state index in [1.54, 1.807) is 49.4 Å². The highest BCUT2D eigenvalue weighted by atomic mass is 19.1. The highest BCUT2D eigenvalue weighted by molar-refractivity contribution is 5.94. The largest absolute Gasteiger partial charge is 0.380 e. The number of carbonyl (C=O) groups excluding carboxylic acids is 1. The van der Waals surface area contributed by atoms with Crippen molar-refractivity contribution in [3.63, 3.8) is 0 Å². The Morgan fingerprint density at radius 3 is 2.46 bits per heavy atom. The third-order valence-corrected chi connectivity index (χ3v) is 4.43. The Kier molecular flexibility index (Phi) is 4.79. The molecule has 1 saturated heterocycles. The molecular weight excluding hydrogens is 335 g/mol. The summed E-state index contributed by atoms with van der Waals surface area (Å²) in [5, 5.41) is 12.8. The predicted octanol–water partition coefficient (Wildman–Crippen LogP) is 1.60. The first-order valence-electron chi connectivity index (χ1n) is 8.09. The molecule has 4 N–H and O–H groups in total. The van der Waals surface area contributed by atoms with Gasteiger partial charge in [-0.2, -0.15) is 0 Å². The van der Waals surface area contributed by atoms with Crippen LogP contribution >= 0.6 is 0 Å². The van der Waals surface area contributed by atoms with Crippen LogP contribution in [-0.4, -0.2) is 30.1 Å². The minimum absolute atomic E-state index is 0.269. The average molecular weight is 354 g/mol. The predicted molar refractivity (Wildman–Crippen MR) is 94.4 cm³/mol. The van der Waals surface area contributed by atoms with Crippen molar-refractivity contribution in [1.29, 1.82) is 0 Å². The van der Waals surface area contributed by atoms with Gasteiger partial charge in [0.2, 0.25) is 5.85 Å². The molecule has 134 valence electrons. The van der Waals surface area contributed by atoms with Crippen molar-refractivity contribution in [2.45, 2.75) is 12.8 Å². The molecule has 0 saturated carbocycles. The summed E-state index contributed by atoms with van der Waals surface area (Å²) in [6.07, 6.45) is 0. The van der Waals surface area contributed by atoms with Crippen LogP contribution in [0.15, 0.2) is 48.5 Å². The lowest BCUT2D eigenvalue weighted by Crippen LogP contribution is -2.71. The fraction of sp³-hybridized carbons (Fsp3) is 0.250. The molecule has 1 unspecified atom stereocenters. The molecular formula is C20H19FN2O3. The van der Waals surface area contributed by atoms with Crippen LogP contribution in [0.4, 0.5) is 4.39 Å². The topological polar surface area (TPSA) is 84.6 Å². The third-order valence-electron chi connectivity index (χ3n) is 4.43. The number of benzene rings is 2. The molecule has 1 amide bonds. The molecule has 0 aromatic heterocycles. The standard InChI is InChI=1S/C20H19FN2O3/c1-19(12-26-13-19)20(22,25)23-18(24)16-10-7-14(8-11-16)6-9-15-4-2-3-5-17(15)21/h2-5,7-8,10-11,25H,12-13,22H2,1H3,(H,23,24). The van der Waals surface area contributed by atoms with Gasteiger partial charge in [-0.1, -0.05) is 24.0 Å². The van der Waals surface area contributed by atoms with Crippen LogP contribution in [0.5, 0.6) is 0 Å². The van der Waals surface area contributed by atoms with Gasteiger partial charge in [0, 0.05) is 11.1 Å². The fourth-order valence-corrected chi connectivity index (χ4v) is 2.43. The number of nitrogens with one attached hydrogen (secondary N) is 1. The van der Waals surface area contributed by atoms with Crippen LogP contribution in [-0.2, 0) is 4.74 Å². The molecule has 3 rings (SSSR count). The second kappa shape index (κ2) is 6.89. The quantitative estimate of drug-likeness (QED) is 0.577. The average Bonchev–Trinajstić information content (AvgIpc) is 2.59. The molecule has 0 aliphatic carbocycles. The second-order valence-corrected chi connectivity index (χ2v) is 6.58. The van der Waals surface area contributed by atoms with E-state index >= 15 is 0 Å². The number of hydrogen-bond donors (Lipinski definition) is 3. The number of hydrogen-bond acceptors (Lipinski definition) is 4. The molecule has 1 aliphatic heterocycles. The molecule has 0 bridgehead atoms. The van der Waals surface area contributed by atoms with Crippen LogP contribution < -0.4 is 11.1 Å². The Balaban J connectivity index is 1.70. The number of ether oxygens (including phenoxy) is 1. The normalized spacial score (nSPS) is 17.2. The van der Waals surface area contributed by atoms with Gasteiger partial charge in [0.25, 0.3) is 5.91 Å². The van der Waals surface area contributed by atoms with Crippen LogP contribution in [0.2, 0.25) is 0 Å². The van der Waals surface area contributed by atoms with Crippen molar-refractivity contribution in [2.24, 2.45) is 11.1 Å². The van der Waals surface area contributed by atoms with Gasteiger partial charge >= 0.3 is 0 Å². The van der Waals surface area contributed by atoms with E-state index in [0.29, 0.717) is 16.7 Å². The summed E-state index contributed by atoms with van der Waals surface area (Å²) in [7, 11) is 0. The number of rotatable bonds is 3. The van der Waals surface area contributed by atoms with E-state index in [2.05, 4.69) is 17.2 Å². The SMILES string of the molecule is CC1(C(N)(O)NC(=O)c2ccc(C#Cc3ccccc3F)cc2)COC1. The molecule has 5 nitrogen and oxygen atoms in total. The number of nitrogens with two attached hydrogens (primary N) is 1. The summed E-state index contributed by atoms with van der Waals surface area (Å²) in [4.78, 5) is 12.3. The van der Waals surface area contributed by atoms with Crippen molar-refractivity contribution >= 4 is 5.91 Å². The van der Waals surface area contributed by atoms with Crippen LogP contribution in [0.25, 0.3) is 0 Å². The Bertz CT molecular complexity index is 878. The number of halogens is 1. The van der Waals surface area contributed by atoms with E-state index in [9.17, 15) is 14.3 Å². The lowest BCUT2D eigenvalue weighted by Gasteiger charge is -2.47. The first kappa shape index (κ1) is 18.1. The van der Waals surface area contributed by atoms with Crippen LogP contribution in [0, 0.1) is 23.1 Å². The van der Waals surface area contributed by atoms with Gasteiger partial charge in [-0.3, -0.25) is 10.5 Å². The van der Waals surface area contributed by atoms with Crippen molar-refractivity contribution in [3.8, 4) is 11.8 Å². The van der Waals surface area contributed by atoms with E-state index in [-0.39, 0.29) is 19.0 Å². The zero-order valence-electron chi connectivity index (χ0n) is 14.3. The zero-order chi connectivity index (χ0) is 18.8. The lowest BCUT2D eigenvalue weighted by molar-refractivity contribution is -0.218. The molecule has 0 radical (unpaired) electrons. The first-order valence-corrected chi connectivity index (χ1v) is 8.09. The monoisotopic (exact) mass is 354 g/mol. The molecule has 1 fully saturated rings. The second-order valence-electron chi connectivity index (χ2n) is 6.58. The van der Waals surface area contributed by atoms with Crippen LogP contribution in [0.1, 0.15) is 28.4 Å². The Hall–Kier alpha value is -2.72. The number of aliphatic hydroxyl groups is 1. The van der Waals surface area contributed by atoms with E-state index in [1.165, 1.54) is 6.07 Å². The molecule has 2 aromatic carbocycles. The Morgan fingerprint density at radius 1 is 1.23 bits per heavy atom. The molecule has 26 heavy (non-hydrogen) atoms. The summed E-state index contributed by atoms with van der Waals surface area (Å²) in [5.74, 6) is 2.84. The Labute approximate surface area is 151 Å². The minimum atomic E-state index is -1.87. The molecule has 1 heterocycles. The summed E-state index contributed by atoms with van der Waals surface area (Å²) in [5.41, 5.74) is 6.37. The maximum Gasteiger partial charge on any atom is 0.254 e. The van der Waals surface area contributed by atoms with Crippen molar-refractivity contribution in [1.82, 2.24) is 5.32 Å². The minimum Gasteiger partial charge on any atom is -0.380 e. The highest BCUT2D eigenvalue weighted by Gasteiger charge is 2.51. The number of amides is 1. The van der Waals surface area contributed by atoms with Crippen molar-refractivity contribution in [3.05, 3.63) is 71.0 Å².